The van der Waals surface area contributed by atoms with Crippen LogP contribution in [0.1, 0.15) is 17.3 Å². The van der Waals surface area contributed by atoms with E-state index in [9.17, 15) is 14.9 Å². The second kappa shape index (κ2) is 5.84. The molecule has 3 rings (SSSR count). The Morgan fingerprint density at radius 2 is 2.04 bits per heavy atom. The average Bonchev–Trinajstić information content (AvgIpc) is 2.92. The Bertz CT molecular complexity index is 889. The average molecular weight is 312 g/mol. The van der Waals surface area contributed by atoms with Crippen molar-refractivity contribution in [2.24, 2.45) is 0 Å². The van der Waals surface area contributed by atoms with Crippen LogP contribution in [-0.4, -0.2) is 25.7 Å². The molecule has 116 valence electrons. The normalized spacial score (nSPS) is 10.7. The number of fused-ring (bicyclic) bond motifs is 1. The lowest BCUT2D eigenvalue weighted by Gasteiger charge is -2.01. The van der Waals surface area contributed by atoms with Gasteiger partial charge in [-0.3, -0.25) is 19.8 Å². The van der Waals surface area contributed by atoms with Crippen LogP contribution in [0.5, 0.6) is 5.88 Å². The van der Waals surface area contributed by atoms with E-state index < -0.39 is 10.9 Å². The number of nitrogens with zero attached hydrogens (tertiary/aromatic N) is 4. The zero-order valence-electron chi connectivity index (χ0n) is 12.2. The molecule has 0 bridgehead atoms. The Morgan fingerprint density at radius 1 is 1.30 bits per heavy atom. The minimum Gasteiger partial charge on any atom is -0.402 e. The predicted octanol–water partition coefficient (Wildman–Crippen LogP) is 2.58. The zero-order chi connectivity index (χ0) is 16.4. The van der Waals surface area contributed by atoms with Crippen LogP contribution in [0.15, 0.2) is 42.7 Å². The van der Waals surface area contributed by atoms with Gasteiger partial charge in [0.15, 0.2) is 0 Å². The van der Waals surface area contributed by atoms with Gasteiger partial charge in [-0.2, -0.15) is 0 Å². The van der Waals surface area contributed by atoms with E-state index in [4.69, 9.17) is 4.74 Å². The first kappa shape index (κ1) is 14.6. The molecule has 1 aromatic carbocycles. The van der Waals surface area contributed by atoms with Gasteiger partial charge in [-0.15, -0.1) is 5.10 Å². The van der Waals surface area contributed by atoms with Crippen molar-refractivity contribution in [1.82, 2.24) is 14.8 Å². The number of aryl methyl sites for hydroxylation is 1. The third-order valence-corrected chi connectivity index (χ3v) is 3.32. The maximum absolute atomic E-state index is 12.1. The van der Waals surface area contributed by atoms with Crippen LogP contribution in [0.2, 0.25) is 0 Å². The molecule has 0 fully saturated rings. The van der Waals surface area contributed by atoms with Crippen molar-refractivity contribution in [3.63, 3.8) is 0 Å². The van der Waals surface area contributed by atoms with Gasteiger partial charge in [0.25, 0.3) is 5.69 Å². The molecule has 0 amide bonds. The van der Waals surface area contributed by atoms with E-state index in [2.05, 4.69) is 10.1 Å². The summed E-state index contributed by atoms with van der Waals surface area (Å²) in [6.07, 6.45) is 2.95. The maximum Gasteiger partial charge on any atom is 0.345 e. The fourth-order valence-corrected chi connectivity index (χ4v) is 2.20. The maximum atomic E-state index is 12.1. The molecule has 0 aliphatic carbocycles. The molecular weight excluding hydrogens is 300 g/mol. The molecular formula is C15H12N4O4. The second-order valence-electron chi connectivity index (χ2n) is 4.70. The summed E-state index contributed by atoms with van der Waals surface area (Å²) >= 11 is 0. The zero-order valence-corrected chi connectivity index (χ0v) is 12.2. The lowest BCUT2D eigenvalue weighted by molar-refractivity contribution is -0.384. The Kier molecular flexibility index (Phi) is 3.71. The van der Waals surface area contributed by atoms with Crippen LogP contribution < -0.4 is 4.74 Å². The summed E-state index contributed by atoms with van der Waals surface area (Å²) in [7, 11) is 0. The highest BCUT2D eigenvalue weighted by Crippen LogP contribution is 2.29. The number of rotatable bonds is 4. The first-order valence-electron chi connectivity index (χ1n) is 6.87. The summed E-state index contributed by atoms with van der Waals surface area (Å²) in [5.41, 5.74) is 0.898. The van der Waals surface area contributed by atoms with Crippen molar-refractivity contribution >= 4 is 22.6 Å². The van der Waals surface area contributed by atoms with E-state index in [-0.39, 0.29) is 11.6 Å². The molecule has 0 N–H and O–H groups in total. The molecule has 0 radical (unpaired) electrons. The molecule has 0 unspecified atom stereocenters. The third kappa shape index (κ3) is 2.73. The molecule has 0 saturated carbocycles. The van der Waals surface area contributed by atoms with Crippen LogP contribution in [0.4, 0.5) is 5.69 Å². The monoisotopic (exact) mass is 312 g/mol. The van der Waals surface area contributed by atoms with Crippen LogP contribution in [-0.2, 0) is 6.54 Å². The van der Waals surface area contributed by atoms with E-state index in [0.29, 0.717) is 23.0 Å². The number of aromatic nitrogens is 3. The predicted molar refractivity (Wildman–Crippen MR) is 81.3 cm³/mol. The Balaban J connectivity index is 2.04. The number of carbonyl (C=O) groups is 1. The number of pyridine rings is 1. The summed E-state index contributed by atoms with van der Waals surface area (Å²) in [6.45, 7) is 2.42. The molecule has 0 atom stereocenters. The highest BCUT2D eigenvalue weighted by atomic mass is 16.6. The number of hydrogen-bond acceptors (Lipinski definition) is 6. The van der Waals surface area contributed by atoms with Crippen LogP contribution >= 0.6 is 0 Å². The van der Waals surface area contributed by atoms with Crippen molar-refractivity contribution < 1.29 is 14.5 Å². The van der Waals surface area contributed by atoms with Gasteiger partial charge in [0.1, 0.15) is 0 Å². The molecule has 23 heavy (non-hydrogen) atoms. The van der Waals surface area contributed by atoms with Gasteiger partial charge in [0.2, 0.25) is 5.88 Å². The van der Waals surface area contributed by atoms with Crippen molar-refractivity contribution in [2.45, 2.75) is 13.5 Å². The smallest absolute Gasteiger partial charge is 0.345 e. The van der Waals surface area contributed by atoms with Crippen molar-refractivity contribution in [2.75, 3.05) is 0 Å². The number of hydrogen-bond donors (Lipinski definition) is 0. The first-order chi connectivity index (χ1) is 11.1. The largest absolute Gasteiger partial charge is 0.402 e. The Labute approximate surface area is 130 Å². The standard InChI is InChI=1S/C15H12N4O4/c1-2-18-13-4-3-11(19(21)22)9-12(13)14(17-18)23-15(20)10-5-7-16-8-6-10/h3-9H,2H2,1H3. The topological polar surface area (TPSA) is 100 Å². The van der Waals surface area contributed by atoms with Crippen LogP contribution in [0.3, 0.4) is 0 Å². The quantitative estimate of drug-likeness (QED) is 0.417. The minimum absolute atomic E-state index is 0.0485. The number of ether oxygens (including phenoxy) is 1. The molecule has 0 spiro atoms. The van der Waals surface area contributed by atoms with Gasteiger partial charge in [-0.1, -0.05) is 0 Å². The van der Waals surface area contributed by atoms with Crippen LogP contribution in [0, 0.1) is 10.1 Å². The van der Waals surface area contributed by atoms with Crippen molar-refractivity contribution in [1.29, 1.82) is 0 Å². The van der Waals surface area contributed by atoms with E-state index in [1.165, 1.54) is 36.7 Å². The number of nitro benzene ring substituents is 1. The van der Waals surface area contributed by atoms with Gasteiger partial charge >= 0.3 is 5.97 Å². The molecule has 8 heteroatoms. The van der Waals surface area contributed by atoms with Gasteiger partial charge in [-0.05, 0) is 25.1 Å². The molecule has 0 aliphatic heterocycles. The van der Waals surface area contributed by atoms with Gasteiger partial charge in [-0.25, -0.2) is 4.79 Å². The lowest BCUT2D eigenvalue weighted by atomic mass is 10.2. The molecule has 2 aromatic heterocycles. The Hall–Kier alpha value is -3.29. The van der Waals surface area contributed by atoms with Gasteiger partial charge < -0.3 is 4.74 Å². The lowest BCUT2D eigenvalue weighted by Crippen LogP contribution is -2.09. The van der Waals surface area contributed by atoms with Crippen LogP contribution in [0.25, 0.3) is 10.9 Å². The fourth-order valence-electron chi connectivity index (χ4n) is 2.20. The number of carbonyl (C=O) groups excluding carboxylic acids is 1. The highest BCUT2D eigenvalue weighted by molar-refractivity contribution is 5.94. The Morgan fingerprint density at radius 3 is 2.70 bits per heavy atom. The molecule has 3 aromatic rings. The first-order valence-corrected chi connectivity index (χ1v) is 6.87. The number of benzene rings is 1. The number of esters is 1. The molecule has 8 nitrogen and oxygen atoms in total. The number of nitro groups is 1. The second-order valence-corrected chi connectivity index (χ2v) is 4.70. The molecule has 0 saturated heterocycles. The van der Waals surface area contributed by atoms with Crippen molar-refractivity contribution in [3.8, 4) is 5.88 Å². The van der Waals surface area contributed by atoms with E-state index in [1.54, 1.807) is 10.7 Å². The summed E-state index contributed by atoms with van der Waals surface area (Å²) < 4.78 is 6.93. The minimum atomic E-state index is -0.596. The summed E-state index contributed by atoms with van der Waals surface area (Å²) in [6, 6.07) is 7.37. The molecule has 0 aliphatic rings. The summed E-state index contributed by atoms with van der Waals surface area (Å²) in [4.78, 5) is 26.4. The van der Waals surface area contributed by atoms with E-state index in [1.807, 2.05) is 6.92 Å². The highest BCUT2D eigenvalue weighted by Gasteiger charge is 2.18. The fraction of sp³-hybridized carbons (Fsp3) is 0.133. The summed E-state index contributed by atoms with van der Waals surface area (Å²) in [5, 5.41) is 15.6. The third-order valence-electron chi connectivity index (χ3n) is 3.32. The molecule has 2 heterocycles. The van der Waals surface area contributed by atoms with Crippen molar-refractivity contribution in [3.05, 3.63) is 58.4 Å². The number of non-ortho nitro benzene ring substituents is 1. The SMILES string of the molecule is CCn1nc(OC(=O)c2ccncc2)c2cc([N+](=O)[O-])ccc21. The van der Waals surface area contributed by atoms with E-state index >= 15 is 0 Å². The van der Waals surface area contributed by atoms with Gasteiger partial charge in [0.05, 0.1) is 21.4 Å². The van der Waals surface area contributed by atoms with Gasteiger partial charge in [0, 0.05) is 31.1 Å². The van der Waals surface area contributed by atoms with E-state index in [0.717, 1.165) is 0 Å². The summed E-state index contributed by atoms with van der Waals surface area (Å²) in [5.74, 6) is -0.547.